The number of nitrogens with zero attached hydrogens (tertiary/aromatic N) is 3. The van der Waals surface area contributed by atoms with Crippen LogP contribution in [0.4, 0.5) is 0 Å². The van der Waals surface area contributed by atoms with Gasteiger partial charge in [0, 0.05) is 38.1 Å². The zero-order chi connectivity index (χ0) is 13.8. The summed E-state index contributed by atoms with van der Waals surface area (Å²) in [5.41, 5.74) is 0. The van der Waals surface area contributed by atoms with Gasteiger partial charge in [0.15, 0.2) is 0 Å². The number of hydrogen-bond donors (Lipinski definition) is 0. The first-order valence-electron chi connectivity index (χ1n) is 7.83. The Morgan fingerprint density at radius 2 is 1.68 bits per heavy atom. The first-order chi connectivity index (χ1) is 9.11. The van der Waals surface area contributed by atoms with Crippen molar-refractivity contribution in [2.24, 2.45) is 5.92 Å². The molecule has 0 aromatic heterocycles. The van der Waals surface area contributed by atoms with E-state index in [9.17, 15) is 4.79 Å². The molecule has 2 aliphatic heterocycles. The van der Waals surface area contributed by atoms with E-state index in [0.717, 1.165) is 38.6 Å². The highest BCUT2D eigenvalue weighted by molar-refractivity contribution is 5.78. The molecular weight excluding hydrogens is 238 g/mol. The predicted molar refractivity (Wildman–Crippen MR) is 78.1 cm³/mol. The summed E-state index contributed by atoms with van der Waals surface area (Å²) in [6.07, 6.45) is 3.53. The van der Waals surface area contributed by atoms with Crippen molar-refractivity contribution in [3.05, 3.63) is 0 Å². The van der Waals surface area contributed by atoms with Gasteiger partial charge < -0.3 is 9.80 Å². The van der Waals surface area contributed by atoms with Crippen molar-refractivity contribution in [1.29, 1.82) is 0 Å². The van der Waals surface area contributed by atoms with Gasteiger partial charge in [-0.15, -0.1) is 0 Å². The molecule has 0 radical (unpaired) electrons. The number of piperidine rings is 1. The van der Waals surface area contributed by atoms with Crippen LogP contribution in [0, 0.1) is 5.92 Å². The SMILES string of the molecule is CCC(C)C(=O)N1CCN(C2CCN(C)CC2)CC1. The first kappa shape index (κ1) is 14.8. The van der Waals surface area contributed by atoms with Crippen LogP contribution in [0.15, 0.2) is 0 Å². The monoisotopic (exact) mass is 267 g/mol. The highest BCUT2D eigenvalue weighted by Crippen LogP contribution is 2.18. The highest BCUT2D eigenvalue weighted by Gasteiger charge is 2.29. The maximum absolute atomic E-state index is 12.2. The van der Waals surface area contributed by atoms with Crippen LogP contribution in [-0.4, -0.2) is 73.0 Å². The summed E-state index contributed by atoms with van der Waals surface area (Å²) in [4.78, 5) is 19.2. The van der Waals surface area contributed by atoms with E-state index >= 15 is 0 Å². The summed E-state index contributed by atoms with van der Waals surface area (Å²) >= 11 is 0. The zero-order valence-corrected chi connectivity index (χ0v) is 12.8. The van der Waals surface area contributed by atoms with E-state index in [-0.39, 0.29) is 5.92 Å². The molecule has 0 saturated carbocycles. The second-order valence-corrected chi connectivity index (χ2v) is 6.21. The summed E-state index contributed by atoms with van der Waals surface area (Å²) in [7, 11) is 2.21. The number of piperazine rings is 1. The van der Waals surface area contributed by atoms with Gasteiger partial charge in [-0.3, -0.25) is 9.69 Å². The number of carbonyl (C=O) groups is 1. The highest BCUT2D eigenvalue weighted by atomic mass is 16.2. The van der Waals surface area contributed by atoms with E-state index in [2.05, 4.69) is 28.7 Å². The molecular formula is C15H29N3O. The number of rotatable bonds is 3. The third-order valence-corrected chi connectivity index (χ3v) is 4.86. The maximum atomic E-state index is 12.2. The molecule has 0 N–H and O–H groups in total. The number of carbonyl (C=O) groups excluding carboxylic acids is 1. The smallest absolute Gasteiger partial charge is 0.225 e. The molecule has 4 heteroatoms. The second-order valence-electron chi connectivity index (χ2n) is 6.21. The van der Waals surface area contributed by atoms with Crippen LogP contribution in [-0.2, 0) is 4.79 Å². The Morgan fingerprint density at radius 1 is 1.11 bits per heavy atom. The Kier molecular flexibility index (Phi) is 5.22. The van der Waals surface area contributed by atoms with Crippen molar-refractivity contribution >= 4 is 5.91 Å². The normalized spacial score (nSPS) is 25.5. The van der Waals surface area contributed by atoms with Crippen LogP contribution in [0.2, 0.25) is 0 Å². The fourth-order valence-corrected chi connectivity index (χ4v) is 3.15. The van der Waals surface area contributed by atoms with Crippen LogP contribution in [0.1, 0.15) is 33.1 Å². The fraction of sp³-hybridized carbons (Fsp3) is 0.933. The van der Waals surface area contributed by atoms with Crippen molar-refractivity contribution in [3.63, 3.8) is 0 Å². The Bertz CT molecular complexity index is 292. The lowest BCUT2D eigenvalue weighted by Gasteiger charge is -2.42. The van der Waals surface area contributed by atoms with Crippen molar-refractivity contribution in [2.45, 2.75) is 39.2 Å². The Balaban J connectivity index is 1.77. The van der Waals surface area contributed by atoms with E-state index in [1.54, 1.807) is 0 Å². The average Bonchev–Trinajstić information content (AvgIpc) is 2.46. The summed E-state index contributed by atoms with van der Waals surface area (Å²) in [5, 5.41) is 0. The van der Waals surface area contributed by atoms with Crippen LogP contribution < -0.4 is 0 Å². The summed E-state index contributed by atoms with van der Waals surface area (Å²) in [6, 6.07) is 0.747. The average molecular weight is 267 g/mol. The van der Waals surface area contributed by atoms with Crippen LogP contribution >= 0.6 is 0 Å². The quantitative estimate of drug-likeness (QED) is 0.770. The Morgan fingerprint density at radius 3 is 2.21 bits per heavy atom. The number of likely N-dealkylation sites (tertiary alicyclic amines) is 1. The third kappa shape index (κ3) is 3.69. The Labute approximate surface area is 117 Å². The molecule has 2 aliphatic rings. The lowest BCUT2D eigenvalue weighted by molar-refractivity contribution is -0.137. The molecule has 4 nitrogen and oxygen atoms in total. The molecule has 1 unspecified atom stereocenters. The standard InChI is InChI=1S/C15H29N3O/c1-4-13(2)15(19)18-11-9-17(10-12-18)14-5-7-16(3)8-6-14/h13-14H,4-12H2,1-3H3. The van der Waals surface area contributed by atoms with Gasteiger partial charge in [0.25, 0.3) is 0 Å². The van der Waals surface area contributed by atoms with Crippen molar-refractivity contribution in [2.75, 3.05) is 46.3 Å². The second kappa shape index (κ2) is 6.71. The molecule has 110 valence electrons. The van der Waals surface area contributed by atoms with Gasteiger partial charge in [0.2, 0.25) is 5.91 Å². The molecule has 1 atom stereocenters. The molecule has 2 heterocycles. The van der Waals surface area contributed by atoms with E-state index < -0.39 is 0 Å². The van der Waals surface area contributed by atoms with Crippen LogP contribution in [0.3, 0.4) is 0 Å². The fourth-order valence-electron chi connectivity index (χ4n) is 3.15. The topological polar surface area (TPSA) is 26.8 Å². The van der Waals surface area contributed by atoms with Crippen molar-refractivity contribution in [3.8, 4) is 0 Å². The van der Waals surface area contributed by atoms with E-state index in [1.165, 1.54) is 25.9 Å². The first-order valence-corrected chi connectivity index (χ1v) is 7.83. The molecule has 2 saturated heterocycles. The molecule has 2 rings (SSSR count). The minimum absolute atomic E-state index is 0.190. The Hall–Kier alpha value is -0.610. The van der Waals surface area contributed by atoms with Gasteiger partial charge in [-0.1, -0.05) is 13.8 Å². The van der Waals surface area contributed by atoms with Crippen LogP contribution in [0.5, 0.6) is 0 Å². The number of hydrogen-bond acceptors (Lipinski definition) is 3. The maximum Gasteiger partial charge on any atom is 0.225 e. The summed E-state index contributed by atoms with van der Waals surface area (Å²) in [6.45, 7) is 10.6. The predicted octanol–water partition coefficient (Wildman–Crippen LogP) is 1.27. The van der Waals surface area contributed by atoms with E-state index in [4.69, 9.17) is 0 Å². The molecule has 0 spiro atoms. The molecule has 2 fully saturated rings. The number of amides is 1. The molecule has 0 bridgehead atoms. The minimum atomic E-state index is 0.190. The molecule has 0 aromatic rings. The minimum Gasteiger partial charge on any atom is -0.340 e. The molecule has 1 amide bonds. The molecule has 0 aliphatic carbocycles. The molecule has 0 aromatic carbocycles. The summed E-state index contributed by atoms with van der Waals surface area (Å²) in [5.74, 6) is 0.542. The van der Waals surface area contributed by atoms with Crippen molar-refractivity contribution in [1.82, 2.24) is 14.7 Å². The van der Waals surface area contributed by atoms with Gasteiger partial charge >= 0.3 is 0 Å². The van der Waals surface area contributed by atoms with Crippen LogP contribution in [0.25, 0.3) is 0 Å². The van der Waals surface area contributed by atoms with Gasteiger partial charge in [0.05, 0.1) is 0 Å². The van der Waals surface area contributed by atoms with Gasteiger partial charge in [-0.05, 0) is 39.4 Å². The van der Waals surface area contributed by atoms with E-state index in [1.807, 2.05) is 6.92 Å². The zero-order valence-electron chi connectivity index (χ0n) is 12.8. The lowest BCUT2D eigenvalue weighted by Crippen LogP contribution is -2.54. The largest absolute Gasteiger partial charge is 0.340 e. The van der Waals surface area contributed by atoms with Gasteiger partial charge in [-0.2, -0.15) is 0 Å². The molecule has 19 heavy (non-hydrogen) atoms. The van der Waals surface area contributed by atoms with Crippen molar-refractivity contribution < 1.29 is 4.79 Å². The lowest BCUT2D eigenvalue weighted by atomic mass is 10.0. The van der Waals surface area contributed by atoms with E-state index in [0.29, 0.717) is 5.91 Å². The third-order valence-electron chi connectivity index (χ3n) is 4.86. The summed E-state index contributed by atoms with van der Waals surface area (Å²) < 4.78 is 0. The van der Waals surface area contributed by atoms with Gasteiger partial charge in [-0.25, -0.2) is 0 Å². The van der Waals surface area contributed by atoms with Gasteiger partial charge in [0.1, 0.15) is 0 Å².